The van der Waals surface area contributed by atoms with Gasteiger partial charge in [-0.3, -0.25) is 0 Å². The summed E-state index contributed by atoms with van der Waals surface area (Å²) < 4.78 is 0. The predicted molar refractivity (Wildman–Crippen MR) is 201 cm³/mol. The van der Waals surface area contributed by atoms with E-state index in [-0.39, 0.29) is 0 Å². The van der Waals surface area contributed by atoms with Gasteiger partial charge in [-0.15, -0.1) is 0 Å². The van der Waals surface area contributed by atoms with Crippen LogP contribution < -0.4 is 0 Å². The van der Waals surface area contributed by atoms with E-state index in [1.807, 2.05) is 97.1 Å². The minimum atomic E-state index is 0.367. The van der Waals surface area contributed by atoms with Gasteiger partial charge in [-0.05, 0) is 32.7 Å². The number of rotatable bonds is 6. The molecule has 50 heavy (non-hydrogen) atoms. The first kappa shape index (κ1) is 29.2. The third-order valence-corrected chi connectivity index (χ3v) is 8.78. The van der Waals surface area contributed by atoms with E-state index in [1.54, 1.807) is 0 Å². The van der Waals surface area contributed by atoms with Crippen LogP contribution in [0, 0.1) is 0 Å². The summed E-state index contributed by atoms with van der Waals surface area (Å²) in [5, 5.41) is 4.33. The van der Waals surface area contributed by atoms with Crippen LogP contribution in [0.4, 0.5) is 0 Å². The lowest BCUT2D eigenvalue weighted by Gasteiger charge is -2.17. The summed E-state index contributed by atoms with van der Waals surface area (Å²) in [6.45, 7) is 0. The molecule has 6 nitrogen and oxygen atoms in total. The minimum absolute atomic E-state index is 0.367. The lowest BCUT2D eigenvalue weighted by Crippen LogP contribution is -2.06. The van der Waals surface area contributed by atoms with Gasteiger partial charge in [0.15, 0.2) is 23.3 Å². The fourth-order valence-electron chi connectivity index (χ4n) is 6.50. The first-order valence-corrected chi connectivity index (χ1v) is 16.5. The zero-order valence-corrected chi connectivity index (χ0v) is 26.8. The minimum Gasteiger partial charge on any atom is -0.208 e. The lowest BCUT2D eigenvalue weighted by molar-refractivity contribution is 1.01. The third kappa shape index (κ3) is 5.35. The number of benzene rings is 7. The molecule has 0 atom stereocenters. The largest absolute Gasteiger partial charge is 0.208 e. The van der Waals surface area contributed by atoms with Crippen LogP contribution in [0.5, 0.6) is 0 Å². The van der Waals surface area contributed by atoms with Crippen LogP contribution in [-0.4, -0.2) is 29.9 Å². The van der Waals surface area contributed by atoms with Crippen molar-refractivity contribution >= 4 is 21.5 Å². The molecule has 2 aromatic heterocycles. The van der Waals surface area contributed by atoms with Gasteiger partial charge < -0.3 is 0 Å². The van der Waals surface area contributed by atoms with E-state index >= 15 is 0 Å². The summed E-state index contributed by atoms with van der Waals surface area (Å²) in [4.78, 5) is 30.2. The SMILES string of the molecule is c1ccc(-c2nc(-c3ccccc3)nc(-c3nc(-c4ccccc4)nc(-c4c5ccccc5c(-c5ccccc5)c5ccccc45)n3)n2)cc1. The second kappa shape index (κ2) is 12.6. The average molecular weight is 641 g/mol. The highest BCUT2D eigenvalue weighted by Crippen LogP contribution is 2.43. The predicted octanol–water partition coefficient (Wildman–Crippen LogP) is 10.4. The second-order valence-corrected chi connectivity index (χ2v) is 11.9. The van der Waals surface area contributed by atoms with Crippen molar-refractivity contribution < 1.29 is 0 Å². The Kier molecular flexibility index (Phi) is 7.37. The summed E-state index contributed by atoms with van der Waals surface area (Å²) in [5.74, 6) is 2.90. The summed E-state index contributed by atoms with van der Waals surface area (Å²) in [5.41, 5.74) is 5.87. The van der Waals surface area contributed by atoms with Gasteiger partial charge in [0.05, 0.1) is 0 Å². The monoisotopic (exact) mass is 640 g/mol. The Balaban J connectivity index is 1.35. The van der Waals surface area contributed by atoms with E-state index in [0.29, 0.717) is 34.9 Å². The Hall–Kier alpha value is -6.92. The molecule has 0 aliphatic rings. The standard InChI is InChI=1S/C44H28N6/c1-5-17-29(18-6-1)37-33-25-13-15-27-35(33)38(36-28-16-14-26-34(36)37)42-46-41(32-23-11-4-12-24-32)49-44(50-42)43-47-39(30-19-7-2-8-20-30)45-40(48-43)31-21-9-3-10-22-31/h1-28H. The Morgan fingerprint density at radius 3 is 0.840 bits per heavy atom. The van der Waals surface area contributed by atoms with E-state index in [0.717, 1.165) is 49.4 Å². The van der Waals surface area contributed by atoms with Crippen LogP contribution in [0.15, 0.2) is 170 Å². The van der Waals surface area contributed by atoms with Gasteiger partial charge >= 0.3 is 0 Å². The van der Waals surface area contributed by atoms with Crippen molar-refractivity contribution in [2.45, 2.75) is 0 Å². The molecule has 0 bridgehead atoms. The molecule has 0 spiro atoms. The van der Waals surface area contributed by atoms with E-state index < -0.39 is 0 Å². The van der Waals surface area contributed by atoms with Crippen molar-refractivity contribution in [1.82, 2.24) is 29.9 Å². The molecule has 9 rings (SSSR count). The molecule has 0 aliphatic carbocycles. The quantitative estimate of drug-likeness (QED) is 0.168. The molecule has 9 aromatic rings. The van der Waals surface area contributed by atoms with E-state index in [4.69, 9.17) is 29.9 Å². The zero-order chi connectivity index (χ0) is 33.3. The number of aromatic nitrogens is 6. The molecule has 0 saturated heterocycles. The van der Waals surface area contributed by atoms with Crippen molar-refractivity contribution in [2.75, 3.05) is 0 Å². The molecular formula is C44H28N6. The molecule has 2 heterocycles. The Morgan fingerprint density at radius 2 is 0.460 bits per heavy atom. The molecule has 234 valence electrons. The van der Waals surface area contributed by atoms with E-state index in [1.165, 1.54) is 5.56 Å². The number of nitrogens with zero attached hydrogens (tertiary/aromatic N) is 6. The highest BCUT2D eigenvalue weighted by molar-refractivity contribution is 6.20. The summed E-state index contributed by atoms with van der Waals surface area (Å²) in [7, 11) is 0. The van der Waals surface area contributed by atoms with Crippen molar-refractivity contribution in [3.8, 4) is 68.3 Å². The van der Waals surface area contributed by atoms with Crippen LogP contribution in [-0.2, 0) is 0 Å². The maximum absolute atomic E-state index is 5.20. The fourth-order valence-corrected chi connectivity index (χ4v) is 6.50. The first-order valence-electron chi connectivity index (χ1n) is 16.5. The van der Waals surface area contributed by atoms with E-state index in [9.17, 15) is 0 Å². The van der Waals surface area contributed by atoms with Crippen LogP contribution in [0.1, 0.15) is 0 Å². The topological polar surface area (TPSA) is 77.3 Å². The highest BCUT2D eigenvalue weighted by Gasteiger charge is 2.22. The summed E-state index contributed by atoms with van der Waals surface area (Å²) in [6.07, 6.45) is 0. The van der Waals surface area contributed by atoms with Gasteiger partial charge in [-0.25, -0.2) is 29.9 Å². The van der Waals surface area contributed by atoms with Crippen LogP contribution in [0.3, 0.4) is 0 Å². The van der Waals surface area contributed by atoms with Crippen LogP contribution >= 0.6 is 0 Å². The molecule has 0 aliphatic heterocycles. The van der Waals surface area contributed by atoms with Gasteiger partial charge in [0.25, 0.3) is 0 Å². The van der Waals surface area contributed by atoms with Crippen LogP contribution in [0.25, 0.3) is 89.9 Å². The van der Waals surface area contributed by atoms with Gasteiger partial charge in [-0.1, -0.05) is 170 Å². The molecule has 0 fully saturated rings. The number of hydrogen-bond donors (Lipinski definition) is 0. The van der Waals surface area contributed by atoms with Crippen molar-refractivity contribution in [3.63, 3.8) is 0 Å². The summed E-state index contributed by atoms with van der Waals surface area (Å²) >= 11 is 0. The second-order valence-electron chi connectivity index (χ2n) is 11.9. The molecule has 0 saturated carbocycles. The smallest absolute Gasteiger partial charge is 0.202 e. The molecule has 0 unspecified atom stereocenters. The Labute approximate surface area is 288 Å². The van der Waals surface area contributed by atoms with Crippen molar-refractivity contribution in [3.05, 3.63) is 170 Å². The first-order chi connectivity index (χ1) is 24.8. The van der Waals surface area contributed by atoms with Crippen molar-refractivity contribution in [1.29, 1.82) is 0 Å². The average Bonchev–Trinajstić information content (AvgIpc) is 3.21. The Bertz CT molecular complexity index is 2510. The zero-order valence-electron chi connectivity index (χ0n) is 26.8. The number of hydrogen-bond acceptors (Lipinski definition) is 6. The van der Waals surface area contributed by atoms with Crippen LogP contribution in [0.2, 0.25) is 0 Å². The molecule has 6 heteroatoms. The fraction of sp³-hybridized carbons (Fsp3) is 0. The molecule has 0 radical (unpaired) electrons. The van der Waals surface area contributed by atoms with E-state index in [2.05, 4.69) is 72.8 Å². The number of fused-ring (bicyclic) bond motifs is 2. The van der Waals surface area contributed by atoms with Gasteiger partial charge in [0, 0.05) is 22.3 Å². The van der Waals surface area contributed by atoms with Gasteiger partial charge in [-0.2, -0.15) is 0 Å². The summed E-state index contributed by atoms with van der Waals surface area (Å²) in [6, 6.07) is 57.3. The van der Waals surface area contributed by atoms with Gasteiger partial charge in [0.1, 0.15) is 0 Å². The molecule has 0 N–H and O–H groups in total. The Morgan fingerprint density at radius 1 is 0.200 bits per heavy atom. The highest BCUT2D eigenvalue weighted by atomic mass is 15.1. The lowest BCUT2D eigenvalue weighted by atomic mass is 9.88. The van der Waals surface area contributed by atoms with Crippen molar-refractivity contribution in [2.24, 2.45) is 0 Å². The molecule has 7 aromatic carbocycles. The van der Waals surface area contributed by atoms with Gasteiger partial charge in [0.2, 0.25) is 11.6 Å². The molecular weight excluding hydrogens is 613 g/mol. The maximum Gasteiger partial charge on any atom is 0.202 e. The maximum atomic E-state index is 5.20. The molecule has 0 amide bonds. The normalized spacial score (nSPS) is 11.2. The third-order valence-electron chi connectivity index (χ3n) is 8.78.